The molecule has 0 fully saturated rings. The number of rotatable bonds is 4. The van der Waals surface area contributed by atoms with E-state index in [1.807, 2.05) is 0 Å². The molecule has 6 heteroatoms. The van der Waals surface area contributed by atoms with Crippen LogP contribution in [0.5, 0.6) is 5.88 Å². The molecule has 1 aromatic rings. The van der Waals surface area contributed by atoms with Crippen molar-refractivity contribution in [3.05, 3.63) is 22.6 Å². The molecule has 1 rings (SSSR count). The summed E-state index contributed by atoms with van der Waals surface area (Å²) < 4.78 is 17.7. The Hall–Kier alpha value is -1.17. The third-order valence-electron chi connectivity index (χ3n) is 1.34. The second-order valence-electron chi connectivity index (χ2n) is 2.41. The number of carboxylic acid groups (broad SMARTS) is 1. The van der Waals surface area contributed by atoms with Gasteiger partial charge in [-0.1, -0.05) is 0 Å². The predicted molar refractivity (Wildman–Crippen MR) is 49.6 cm³/mol. The lowest BCUT2D eigenvalue weighted by atomic mass is 10.4. The molecule has 14 heavy (non-hydrogen) atoms. The van der Waals surface area contributed by atoms with Gasteiger partial charge in [0.25, 0.3) is 0 Å². The van der Waals surface area contributed by atoms with Crippen molar-refractivity contribution in [2.45, 2.75) is 6.42 Å². The largest absolute Gasteiger partial charge is 0.481 e. The number of carboxylic acids is 1. The van der Waals surface area contributed by atoms with Gasteiger partial charge in [-0.3, -0.25) is 4.79 Å². The molecule has 0 atom stereocenters. The van der Waals surface area contributed by atoms with E-state index < -0.39 is 11.8 Å². The number of ether oxygens (including phenoxy) is 1. The number of halogens is 2. The molecule has 0 saturated carbocycles. The molecule has 0 saturated heterocycles. The molecule has 0 aliphatic carbocycles. The molecule has 76 valence electrons. The second kappa shape index (κ2) is 4.90. The normalized spacial score (nSPS) is 9.86. The monoisotopic (exact) mass is 263 g/mol. The first kappa shape index (κ1) is 10.9. The summed E-state index contributed by atoms with van der Waals surface area (Å²) in [5, 5.41) is 8.32. The summed E-state index contributed by atoms with van der Waals surface area (Å²) in [6.07, 6.45) is -0.114. The third kappa shape index (κ3) is 3.29. The Balaban J connectivity index is 2.51. The average molecular weight is 264 g/mol. The number of hydrogen-bond donors (Lipinski definition) is 1. The van der Waals surface area contributed by atoms with Crippen LogP contribution >= 0.6 is 15.9 Å². The van der Waals surface area contributed by atoms with Crippen molar-refractivity contribution in [3.8, 4) is 5.88 Å². The molecule has 1 aromatic heterocycles. The van der Waals surface area contributed by atoms with Gasteiger partial charge in [-0.25, -0.2) is 9.37 Å². The molecule has 0 aliphatic rings. The molecule has 0 radical (unpaired) electrons. The summed E-state index contributed by atoms with van der Waals surface area (Å²) in [6, 6.07) is 2.52. The summed E-state index contributed by atoms with van der Waals surface area (Å²) in [6.45, 7) is 0.0143. The van der Waals surface area contributed by atoms with Gasteiger partial charge in [0.1, 0.15) is 11.2 Å². The number of hydrogen-bond acceptors (Lipinski definition) is 3. The van der Waals surface area contributed by atoms with E-state index >= 15 is 0 Å². The van der Waals surface area contributed by atoms with E-state index in [0.717, 1.165) is 0 Å². The van der Waals surface area contributed by atoms with Gasteiger partial charge in [-0.05, 0) is 22.0 Å². The second-order valence-corrected chi connectivity index (χ2v) is 3.17. The smallest absolute Gasteiger partial charge is 0.306 e. The van der Waals surface area contributed by atoms with E-state index in [2.05, 4.69) is 20.9 Å². The highest BCUT2D eigenvalue weighted by atomic mass is 79.9. The summed E-state index contributed by atoms with van der Waals surface area (Å²) in [4.78, 5) is 13.8. The Labute approximate surface area is 87.8 Å². The number of carbonyl (C=O) groups is 1. The summed E-state index contributed by atoms with van der Waals surface area (Å²) in [7, 11) is 0. The SMILES string of the molecule is O=C(O)CCOc1ccc(F)c(Br)n1. The lowest BCUT2D eigenvalue weighted by Crippen LogP contribution is -2.05. The molecule has 4 nitrogen and oxygen atoms in total. The molecule has 0 bridgehead atoms. The number of nitrogens with zero attached hydrogens (tertiary/aromatic N) is 1. The Morgan fingerprint density at radius 1 is 1.64 bits per heavy atom. The van der Waals surface area contributed by atoms with Gasteiger partial charge in [0, 0.05) is 6.07 Å². The Morgan fingerprint density at radius 2 is 2.36 bits per heavy atom. The fourth-order valence-corrected chi connectivity index (χ4v) is 1.03. The zero-order valence-electron chi connectivity index (χ0n) is 7.04. The molecule has 1 heterocycles. The molecular weight excluding hydrogens is 257 g/mol. The highest BCUT2D eigenvalue weighted by Crippen LogP contribution is 2.16. The zero-order valence-corrected chi connectivity index (χ0v) is 8.62. The van der Waals surface area contributed by atoms with Gasteiger partial charge in [-0.15, -0.1) is 0 Å². The third-order valence-corrected chi connectivity index (χ3v) is 1.90. The fourth-order valence-electron chi connectivity index (χ4n) is 0.724. The van der Waals surface area contributed by atoms with E-state index in [-0.39, 0.29) is 23.5 Å². The Bertz CT molecular complexity index is 345. The van der Waals surface area contributed by atoms with Crippen molar-refractivity contribution in [2.75, 3.05) is 6.61 Å². The van der Waals surface area contributed by atoms with Crippen LogP contribution in [0.1, 0.15) is 6.42 Å². The predicted octanol–water partition coefficient (Wildman–Crippen LogP) is 1.84. The van der Waals surface area contributed by atoms with Crippen molar-refractivity contribution in [1.29, 1.82) is 0 Å². The van der Waals surface area contributed by atoms with Gasteiger partial charge in [-0.2, -0.15) is 0 Å². The standard InChI is InChI=1S/C8H7BrFNO3/c9-8-5(10)1-2-6(11-8)14-4-3-7(12)13/h1-2H,3-4H2,(H,12,13). The van der Waals surface area contributed by atoms with Crippen LogP contribution in [-0.4, -0.2) is 22.7 Å². The molecule has 0 aliphatic heterocycles. The minimum Gasteiger partial charge on any atom is -0.481 e. The fraction of sp³-hybridized carbons (Fsp3) is 0.250. The quantitative estimate of drug-likeness (QED) is 0.843. The van der Waals surface area contributed by atoms with Crippen LogP contribution in [-0.2, 0) is 4.79 Å². The first-order valence-corrected chi connectivity index (χ1v) is 4.55. The highest BCUT2D eigenvalue weighted by Gasteiger charge is 2.03. The minimum absolute atomic E-state index is 0.0143. The molecule has 1 N–H and O–H groups in total. The van der Waals surface area contributed by atoms with E-state index in [4.69, 9.17) is 9.84 Å². The van der Waals surface area contributed by atoms with Crippen molar-refractivity contribution < 1.29 is 19.0 Å². The Kier molecular flexibility index (Phi) is 3.82. The highest BCUT2D eigenvalue weighted by molar-refractivity contribution is 9.10. The van der Waals surface area contributed by atoms with Crippen LogP contribution in [0.2, 0.25) is 0 Å². The van der Waals surface area contributed by atoms with Crippen LogP contribution < -0.4 is 4.74 Å². The lowest BCUT2D eigenvalue weighted by Gasteiger charge is -2.03. The van der Waals surface area contributed by atoms with Crippen LogP contribution in [0.15, 0.2) is 16.7 Å². The first-order valence-electron chi connectivity index (χ1n) is 3.76. The van der Waals surface area contributed by atoms with E-state index in [9.17, 15) is 9.18 Å². The molecule has 0 spiro atoms. The van der Waals surface area contributed by atoms with Gasteiger partial charge >= 0.3 is 5.97 Å². The molecule has 0 aromatic carbocycles. The zero-order chi connectivity index (χ0) is 10.6. The summed E-state index contributed by atoms with van der Waals surface area (Å²) in [5.41, 5.74) is 0. The van der Waals surface area contributed by atoms with Crippen molar-refractivity contribution in [1.82, 2.24) is 4.98 Å². The van der Waals surface area contributed by atoms with E-state index in [1.54, 1.807) is 0 Å². The molecular formula is C8H7BrFNO3. The van der Waals surface area contributed by atoms with Gasteiger partial charge in [0.15, 0.2) is 5.82 Å². The van der Waals surface area contributed by atoms with Crippen molar-refractivity contribution >= 4 is 21.9 Å². The van der Waals surface area contributed by atoms with E-state index in [0.29, 0.717) is 0 Å². The lowest BCUT2D eigenvalue weighted by molar-refractivity contribution is -0.137. The average Bonchev–Trinajstić information content (AvgIpc) is 2.10. The van der Waals surface area contributed by atoms with Gasteiger partial charge in [0.05, 0.1) is 6.42 Å². The van der Waals surface area contributed by atoms with Crippen LogP contribution in [0.3, 0.4) is 0 Å². The van der Waals surface area contributed by atoms with Crippen molar-refractivity contribution in [3.63, 3.8) is 0 Å². The minimum atomic E-state index is -0.953. The Morgan fingerprint density at radius 3 is 2.93 bits per heavy atom. The van der Waals surface area contributed by atoms with E-state index in [1.165, 1.54) is 12.1 Å². The topological polar surface area (TPSA) is 59.4 Å². The maximum atomic E-state index is 12.7. The number of aromatic nitrogens is 1. The maximum Gasteiger partial charge on any atom is 0.306 e. The van der Waals surface area contributed by atoms with Gasteiger partial charge < -0.3 is 9.84 Å². The van der Waals surface area contributed by atoms with Crippen LogP contribution in [0.4, 0.5) is 4.39 Å². The van der Waals surface area contributed by atoms with Crippen LogP contribution in [0, 0.1) is 5.82 Å². The van der Waals surface area contributed by atoms with Crippen molar-refractivity contribution in [2.24, 2.45) is 0 Å². The number of pyridine rings is 1. The van der Waals surface area contributed by atoms with Gasteiger partial charge in [0.2, 0.25) is 5.88 Å². The molecule has 0 unspecified atom stereocenters. The summed E-state index contributed by atoms with van der Waals surface area (Å²) >= 11 is 2.88. The van der Waals surface area contributed by atoms with Crippen LogP contribution in [0.25, 0.3) is 0 Å². The maximum absolute atomic E-state index is 12.7. The first-order chi connectivity index (χ1) is 6.59. The number of aliphatic carboxylic acids is 1. The summed E-state index contributed by atoms with van der Waals surface area (Å²) in [5.74, 6) is -1.25. The molecule has 0 amide bonds.